The highest BCUT2D eigenvalue weighted by molar-refractivity contribution is 9.10. The van der Waals surface area contributed by atoms with Gasteiger partial charge in [-0.1, -0.05) is 28.1 Å². The molecule has 0 atom stereocenters. The summed E-state index contributed by atoms with van der Waals surface area (Å²) in [5, 5.41) is 3.05. The van der Waals surface area contributed by atoms with E-state index in [2.05, 4.69) is 21.2 Å². The van der Waals surface area contributed by atoms with Crippen molar-refractivity contribution in [1.82, 2.24) is 10.2 Å². The second-order valence-corrected chi connectivity index (χ2v) is 7.95. The molecule has 2 amide bonds. The van der Waals surface area contributed by atoms with Gasteiger partial charge in [-0.15, -0.1) is 0 Å². The second-order valence-electron chi connectivity index (χ2n) is 7.03. The van der Waals surface area contributed by atoms with Gasteiger partial charge in [0.2, 0.25) is 5.91 Å². The highest BCUT2D eigenvalue weighted by Crippen LogP contribution is 2.27. The summed E-state index contributed by atoms with van der Waals surface area (Å²) < 4.78 is 11.4. The molecule has 2 aromatic carbocycles. The molecule has 7 heteroatoms. The molecule has 0 unspecified atom stereocenters. The van der Waals surface area contributed by atoms with Crippen LogP contribution in [0, 0.1) is 0 Å². The highest BCUT2D eigenvalue weighted by Gasteiger charge is 2.23. The summed E-state index contributed by atoms with van der Waals surface area (Å²) in [6, 6.07) is 12.9. The van der Waals surface area contributed by atoms with Crippen LogP contribution in [-0.4, -0.2) is 50.1 Å². The average molecular weight is 473 g/mol. The van der Waals surface area contributed by atoms with Crippen molar-refractivity contribution in [3.8, 4) is 11.5 Å². The molecule has 0 aromatic heterocycles. The minimum Gasteiger partial charge on any atom is -0.493 e. The van der Waals surface area contributed by atoms with Gasteiger partial charge in [-0.3, -0.25) is 9.59 Å². The lowest BCUT2D eigenvalue weighted by molar-refractivity contribution is -0.126. The maximum absolute atomic E-state index is 12.6. The van der Waals surface area contributed by atoms with Crippen LogP contribution in [0.15, 0.2) is 53.0 Å². The van der Waals surface area contributed by atoms with Crippen LogP contribution in [0.25, 0.3) is 6.08 Å². The SMILES string of the molecule is COc1ccc(C(=O)NC2CCN(C(=O)/C=C/c3cccc(Br)c3)CC2)cc1OC. The molecule has 6 nitrogen and oxygen atoms in total. The molecule has 3 rings (SSSR count). The van der Waals surface area contributed by atoms with E-state index in [1.54, 1.807) is 31.4 Å². The Morgan fingerprint density at radius 1 is 1.07 bits per heavy atom. The standard InChI is InChI=1S/C23H25BrN2O4/c1-29-20-8-7-17(15-21(20)30-2)23(28)25-19-10-12-26(13-11-19)22(27)9-6-16-4-3-5-18(24)14-16/h3-9,14-15,19H,10-13H2,1-2H3,(H,25,28)/b9-6+. The number of benzene rings is 2. The molecule has 1 aliphatic rings. The molecular weight excluding hydrogens is 448 g/mol. The van der Waals surface area contributed by atoms with Gasteiger partial charge in [-0.25, -0.2) is 0 Å². The maximum Gasteiger partial charge on any atom is 0.251 e. The van der Waals surface area contributed by atoms with Crippen molar-refractivity contribution in [2.24, 2.45) is 0 Å². The number of halogens is 1. The molecule has 1 aliphatic heterocycles. The monoisotopic (exact) mass is 472 g/mol. The van der Waals surface area contributed by atoms with Crippen LogP contribution < -0.4 is 14.8 Å². The van der Waals surface area contributed by atoms with E-state index in [-0.39, 0.29) is 17.9 Å². The number of carbonyl (C=O) groups excluding carboxylic acids is 2. The van der Waals surface area contributed by atoms with Crippen molar-refractivity contribution in [3.05, 3.63) is 64.1 Å². The first-order valence-corrected chi connectivity index (χ1v) is 10.5. The molecule has 0 bridgehead atoms. The van der Waals surface area contributed by atoms with Crippen LogP contribution in [0.1, 0.15) is 28.8 Å². The van der Waals surface area contributed by atoms with Crippen LogP contribution >= 0.6 is 15.9 Å². The number of carbonyl (C=O) groups is 2. The smallest absolute Gasteiger partial charge is 0.251 e. The Bertz CT molecular complexity index is 937. The van der Waals surface area contributed by atoms with Crippen LogP contribution in [0.2, 0.25) is 0 Å². The molecule has 2 aromatic rings. The maximum atomic E-state index is 12.6. The molecule has 0 aliphatic carbocycles. The lowest BCUT2D eigenvalue weighted by atomic mass is 10.0. The van der Waals surface area contributed by atoms with Gasteiger partial charge in [0, 0.05) is 35.2 Å². The summed E-state index contributed by atoms with van der Waals surface area (Å²) in [4.78, 5) is 26.8. The Labute approximate surface area is 185 Å². The molecule has 0 saturated carbocycles. The molecule has 1 heterocycles. The van der Waals surface area contributed by atoms with Crippen molar-refractivity contribution in [3.63, 3.8) is 0 Å². The zero-order valence-electron chi connectivity index (χ0n) is 17.1. The van der Waals surface area contributed by atoms with E-state index >= 15 is 0 Å². The predicted molar refractivity (Wildman–Crippen MR) is 120 cm³/mol. The third kappa shape index (κ3) is 5.63. The van der Waals surface area contributed by atoms with Crippen molar-refractivity contribution >= 4 is 33.8 Å². The van der Waals surface area contributed by atoms with Crippen molar-refractivity contribution in [2.75, 3.05) is 27.3 Å². The van der Waals surface area contributed by atoms with E-state index in [9.17, 15) is 9.59 Å². The Hall–Kier alpha value is -2.80. The van der Waals surface area contributed by atoms with Crippen LogP contribution in [0.5, 0.6) is 11.5 Å². The fourth-order valence-electron chi connectivity index (χ4n) is 3.37. The summed E-state index contributed by atoms with van der Waals surface area (Å²) in [6.07, 6.45) is 4.85. The first-order chi connectivity index (χ1) is 14.5. The van der Waals surface area contributed by atoms with Gasteiger partial charge in [0.25, 0.3) is 5.91 Å². The van der Waals surface area contributed by atoms with Crippen LogP contribution in [0.4, 0.5) is 0 Å². The minimum atomic E-state index is -0.157. The summed E-state index contributed by atoms with van der Waals surface area (Å²) >= 11 is 3.43. The Balaban J connectivity index is 1.51. The van der Waals surface area contributed by atoms with Crippen LogP contribution in [-0.2, 0) is 4.79 Å². The normalized spacial score (nSPS) is 14.6. The fraction of sp³-hybridized carbons (Fsp3) is 0.304. The average Bonchev–Trinajstić information content (AvgIpc) is 2.77. The zero-order chi connectivity index (χ0) is 21.5. The Morgan fingerprint density at radius 2 is 1.80 bits per heavy atom. The van der Waals surface area contributed by atoms with Gasteiger partial charge in [0.15, 0.2) is 11.5 Å². The number of methoxy groups -OCH3 is 2. The second kappa shape index (κ2) is 10.3. The number of nitrogens with zero attached hydrogens (tertiary/aromatic N) is 1. The number of hydrogen-bond acceptors (Lipinski definition) is 4. The molecule has 158 valence electrons. The quantitative estimate of drug-likeness (QED) is 0.647. The lowest BCUT2D eigenvalue weighted by Crippen LogP contribution is -2.46. The summed E-state index contributed by atoms with van der Waals surface area (Å²) in [5.74, 6) is 0.925. The largest absolute Gasteiger partial charge is 0.493 e. The molecule has 0 spiro atoms. The first kappa shape index (κ1) is 21.9. The third-order valence-corrected chi connectivity index (χ3v) is 5.55. The molecule has 1 N–H and O–H groups in total. The van der Waals surface area contributed by atoms with E-state index in [0.29, 0.717) is 30.2 Å². The highest BCUT2D eigenvalue weighted by atomic mass is 79.9. The minimum absolute atomic E-state index is 0.0142. The summed E-state index contributed by atoms with van der Waals surface area (Å²) in [6.45, 7) is 1.22. The molecule has 30 heavy (non-hydrogen) atoms. The van der Waals surface area contributed by atoms with E-state index < -0.39 is 0 Å². The Morgan fingerprint density at radius 3 is 2.47 bits per heavy atom. The van der Waals surface area contributed by atoms with Crippen molar-refractivity contribution in [2.45, 2.75) is 18.9 Å². The van der Waals surface area contributed by atoms with E-state index in [4.69, 9.17) is 9.47 Å². The number of likely N-dealkylation sites (tertiary alicyclic amines) is 1. The van der Waals surface area contributed by atoms with Gasteiger partial charge in [0.05, 0.1) is 14.2 Å². The van der Waals surface area contributed by atoms with Gasteiger partial charge in [-0.05, 0) is 54.8 Å². The Kier molecular flexibility index (Phi) is 7.52. The van der Waals surface area contributed by atoms with E-state index in [0.717, 1.165) is 22.9 Å². The van der Waals surface area contributed by atoms with Crippen LogP contribution in [0.3, 0.4) is 0 Å². The number of nitrogens with one attached hydrogen (secondary N) is 1. The number of ether oxygens (including phenoxy) is 2. The number of hydrogen-bond donors (Lipinski definition) is 1. The molecule has 1 saturated heterocycles. The van der Waals surface area contributed by atoms with Gasteiger partial charge >= 0.3 is 0 Å². The summed E-state index contributed by atoms with van der Waals surface area (Å²) in [5.41, 5.74) is 1.48. The number of rotatable bonds is 6. The summed E-state index contributed by atoms with van der Waals surface area (Å²) in [7, 11) is 3.10. The fourth-order valence-corrected chi connectivity index (χ4v) is 3.79. The van der Waals surface area contributed by atoms with Crippen molar-refractivity contribution in [1.29, 1.82) is 0 Å². The third-order valence-electron chi connectivity index (χ3n) is 5.05. The van der Waals surface area contributed by atoms with E-state index in [1.165, 1.54) is 7.11 Å². The first-order valence-electron chi connectivity index (χ1n) is 9.75. The number of amides is 2. The lowest BCUT2D eigenvalue weighted by Gasteiger charge is -2.31. The number of piperidine rings is 1. The topological polar surface area (TPSA) is 67.9 Å². The molecule has 0 radical (unpaired) electrons. The zero-order valence-corrected chi connectivity index (χ0v) is 18.6. The van der Waals surface area contributed by atoms with Crippen molar-refractivity contribution < 1.29 is 19.1 Å². The van der Waals surface area contributed by atoms with Gasteiger partial charge in [0.1, 0.15) is 0 Å². The molecular formula is C23H25BrN2O4. The van der Waals surface area contributed by atoms with Gasteiger partial charge in [-0.2, -0.15) is 0 Å². The van der Waals surface area contributed by atoms with E-state index in [1.807, 2.05) is 35.2 Å². The van der Waals surface area contributed by atoms with Gasteiger partial charge < -0.3 is 19.7 Å². The predicted octanol–water partition coefficient (Wildman–Crippen LogP) is 3.90. The molecule has 1 fully saturated rings.